The molecule has 0 spiro atoms. The SMILES string of the molecule is CCCC(CCC)n1c(CC)cc(C(=O)NC(Cc2ccccc2)=C(C)C)c1C. The van der Waals surface area contributed by atoms with E-state index in [0.29, 0.717) is 6.04 Å². The number of hydrogen-bond acceptors (Lipinski definition) is 1. The summed E-state index contributed by atoms with van der Waals surface area (Å²) in [4.78, 5) is 13.2. The van der Waals surface area contributed by atoms with Gasteiger partial charge < -0.3 is 9.88 Å². The predicted molar refractivity (Wildman–Crippen MR) is 123 cm³/mol. The normalized spacial score (nSPS) is 11.0. The van der Waals surface area contributed by atoms with Crippen molar-refractivity contribution in [1.29, 1.82) is 0 Å². The largest absolute Gasteiger partial charge is 0.345 e. The standard InChI is InChI=1S/C26H38N2O/c1-7-13-23(14-8-2)28-20(6)24(18-22(28)9-3)26(29)27-25(19(4)5)17-21-15-11-10-12-16-21/h10-12,15-16,18,23H,7-9,13-14,17H2,1-6H3,(H,27,29). The van der Waals surface area contributed by atoms with Crippen LogP contribution in [0.25, 0.3) is 0 Å². The first-order valence-corrected chi connectivity index (χ1v) is 11.1. The monoisotopic (exact) mass is 394 g/mol. The molecule has 158 valence electrons. The van der Waals surface area contributed by atoms with Crippen LogP contribution in [0.5, 0.6) is 0 Å². The first-order valence-electron chi connectivity index (χ1n) is 11.1. The molecule has 0 fully saturated rings. The second-order valence-corrected chi connectivity index (χ2v) is 8.18. The van der Waals surface area contributed by atoms with Crippen molar-refractivity contribution < 1.29 is 4.79 Å². The lowest BCUT2D eigenvalue weighted by Gasteiger charge is -2.23. The molecule has 2 aromatic rings. The third-order valence-corrected chi connectivity index (χ3v) is 5.68. The van der Waals surface area contributed by atoms with Crippen molar-refractivity contribution in [1.82, 2.24) is 9.88 Å². The van der Waals surface area contributed by atoms with Crippen LogP contribution in [0.2, 0.25) is 0 Å². The van der Waals surface area contributed by atoms with Crippen molar-refractivity contribution in [2.45, 2.75) is 86.1 Å². The van der Waals surface area contributed by atoms with Crippen molar-refractivity contribution >= 4 is 5.91 Å². The van der Waals surface area contributed by atoms with Gasteiger partial charge in [-0.05, 0) is 51.7 Å². The molecule has 0 atom stereocenters. The van der Waals surface area contributed by atoms with Gasteiger partial charge in [0, 0.05) is 29.5 Å². The van der Waals surface area contributed by atoms with Gasteiger partial charge in [-0.25, -0.2) is 0 Å². The second kappa shape index (κ2) is 11.0. The summed E-state index contributed by atoms with van der Waals surface area (Å²) >= 11 is 0. The molecule has 1 aromatic heterocycles. The molecule has 2 rings (SSSR count). The van der Waals surface area contributed by atoms with E-state index in [4.69, 9.17) is 0 Å². The summed E-state index contributed by atoms with van der Waals surface area (Å²) < 4.78 is 2.43. The molecule has 0 bridgehead atoms. The van der Waals surface area contributed by atoms with Crippen LogP contribution in [0.3, 0.4) is 0 Å². The molecule has 1 N–H and O–H groups in total. The minimum atomic E-state index is 0.00910. The smallest absolute Gasteiger partial charge is 0.257 e. The number of hydrogen-bond donors (Lipinski definition) is 1. The van der Waals surface area contributed by atoms with Gasteiger partial charge in [0.15, 0.2) is 0 Å². The highest BCUT2D eigenvalue weighted by Gasteiger charge is 2.22. The van der Waals surface area contributed by atoms with Crippen LogP contribution in [-0.4, -0.2) is 10.5 Å². The topological polar surface area (TPSA) is 34.0 Å². The molecule has 0 saturated heterocycles. The molecule has 0 aliphatic heterocycles. The number of nitrogens with zero attached hydrogens (tertiary/aromatic N) is 1. The fourth-order valence-electron chi connectivity index (χ4n) is 4.12. The maximum Gasteiger partial charge on any atom is 0.257 e. The van der Waals surface area contributed by atoms with E-state index in [1.807, 2.05) is 18.2 Å². The molecule has 29 heavy (non-hydrogen) atoms. The third-order valence-electron chi connectivity index (χ3n) is 5.68. The number of carbonyl (C=O) groups excluding carboxylic acids is 1. The van der Waals surface area contributed by atoms with E-state index in [1.165, 1.54) is 11.3 Å². The van der Waals surface area contributed by atoms with Gasteiger partial charge >= 0.3 is 0 Å². The van der Waals surface area contributed by atoms with Crippen molar-refractivity contribution in [3.05, 3.63) is 70.2 Å². The average molecular weight is 395 g/mol. The Labute approximate surface area is 177 Å². The number of amides is 1. The average Bonchev–Trinajstić information content (AvgIpc) is 3.04. The summed E-state index contributed by atoms with van der Waals surface area (Å²) in [7, 11) is 0. The molecule has 0 unspecified atom stereocenters. The summed E-state index contributed by atoms with van der Waals surface area (Å²) in [6, 6.07) is 12.9. The fraction of sp³-hybridized carbons (Fsp3) is 0.500. The van der Waals surface area contributed by atoms with Gasteiger partial charge in [-0.1, -0.05) is 69.5 Å². The predicted octanol–water partition coefficient (Wildman–Crippen LogP) is 6.77. The molecule has 0 aliphatic carbocycles. The molecule has 3 nitrogen and oxygen atoms in total. The van der Waals surface area contributed by atoms with Gasteiger partial charge in [-0.15, -0.1) is 0 Å². The Morgan fingerprint density at radius 1 is 1.03 bits per heavy atom. The van der Waals surface area contributed by atoms with E-state index in [-0.39, 0.29) is 5.91 Å². The number of nitrogens with one attached hydrogen (secondary N) is 1. The van der Waals surface area contributed by atoms with Crippen LogP contribution < -0.4 is 5.32 Å². The highest BCUT2D eigenvalue weighted by Crippen LogP contribution is 2.28. The van der Waals surface area contributed by atoms with Crippen LogP contribution in [0, 0.1) is 6.92 Å². The minimum Gasteiger partial charge on any atom is -0.345 e. The van der Waals surface area contributed by atoms with Crippen molar-refractivity contribution in [2.75, 3.05) is 0 Å². The zero-order valence-electron chi connectivity index (χ0n) is 19.1. The highest BCUT2D eigenvalue weighted by molar-refractivity contribution is 5.96. The second-order valence-electron chi connectivity index (χ2n) is 8.18. The Kier molecular flexibility index (Phi) is 8.75. The van der Waals surface area contributed by atoms with E-state index >= 15 is 0 Å². The van der Waals surface area contributed by atoms with E-state index in [2.05, 4.69) is 69.6 Å². The van der Waals surface area contributed by atoms with Crippen molar-refractivity contribution in [2.24, 2.45) is 0 Å². The summed E-state index contributed by atoms with van der Waals surface area (Å²) in [5.74, 6) is 0.00910. The third kappa shape index (κ3) is 5.85. The summed E-state index contributed by atoms with van der Waals surface area (Å²) in [5, 5.41) is 3.22. The Morgan fingerprint density at radius 2 is 1.66 bits per heavy atom. The number of rotatable bonds is 10. The number of benzene rings is 1. The number of aryl methyl sites for hydroxylation is 1. The Morgan fingerprint density at radius 3 is 2.17 bits per heavy atom. The van der Waals surface area contributed by atoms with Gasteiger partial charge in [0.05, 0.1) is 5.56 Å². The van der Waals surface area contributed by atoms with E-state index in [0.717, 1.165) is 61.1 Å². The first kappa shape index (κ1) is 23.0. The van der Waals surface area contributed by atoms with Gasteiger partial charge in [0.2, 0.25) is 0 Å². The lowest BCUT2D eigenvalue weighted by Crippen LogP contribution is -2.25. The van der Waals surface area contributed by atoms with E-state index in [1.54, 1.807) is 0 Å². The summed E-state index contributed by atoms with van der Waals surface area (Å²) in [6.07, 6.45) is 6.31. The lowest BCUT2D eigenvalue weighted by atomic mass is 10.1. The highest BCUT2D eigenvalue weighted by atomic mass is 16.1. The lowest BCUT2D eigenvalue weighted by molar-refractivity contribution is 0.0963. The van der Waals surface area contributed by atoms with Crippen LogP contribution in [0.1, 0.15) is 93.7 Å². The Hall–Kier alpha value is -2.29. The molecule has 0 saturated carbocycles. The molecule has 1 heterocycles. The van der Waals surface area contributed by atoms with Crippen LogP contribution in [-0.2, 0) is 12.8 Å². The van der Waals surface area contributed by atoms with Gasteiger partial charge in [0.1, 0.15) is 0 Å². The van der Waals surface area contributed by atoms with E-state index in [9.17, 15) is 4.79 Å². The molecule has 3 heteroatoms. The number of aromatic nitrogens is 1. The van der Waals surface area contributed by atoms with Gasteiger partial charge in [-0.3, -0.25) is 4.79 Å². The summed E-state index contributed by atoms with van der Waals surface area (Å²) in [6.45, 7) is 12.9. The minimum absolute atomic E-state index is 0.00910. The maximum atomic E-state index is 13.2. The van der Waals surface area contributed by atoms with Crippen LogP contribution >= 0.6 is 0 Å². The number of carbonyl (C=O) groups is 1. The zero-order chi connectivity index (χ0) is 21.4. The number of allylic oxidation sites excluding steroid dienone is 2. The molecule has 1 amide bonds. The molecule has 0 aliphatic rings. The Balaban J connectivity index is 2.31. The zero-order valence-corrected chi connectivity index (χ0v) is 19.1. The molecular formula is C26H38N2O. The quantitative estimate of drug-likeness (QED) is 0.474. The molecular weight excluding hydrogens is 356 g/mol. The fourth-order valence-corrected chi connectivity index (χ4v) is 4.12. The molecule has 0 radical (unpaired) electrons. The maximum absolute atomic E-state index is 13.2. The van der Waals surface area contributed by atoms with Crippen LogP contribution in [0.4, 0.5) is 0 Å². The first-order chi connectivity index (χ1) is 13.9. The Bertz CT molecular complexity index is 820. The summed E-state index contributed by atoms with van der Waals surface area (Å²) in [5.41, 5.74) is 6.51. The van der Waals surface area contributed by atoms with Gasteiger partial charge in [0.25, 0.3) is 5.91 Å². The van der Waals surface area contributed by atoms with Gasteiger partial charge in [-0.2, -0.15) is 0 Å². The van der Waals surface area contributed by atoms with E-state index < -0.39 is 0 Å². The van der Waals surface area contributed by atoms with Crippen molar-refractivity contribution in [3.8, 4) is 0 Å². The van der Waals surface area contributed by atoms with Crippen LogP contribution in [0.15, 0.2) is 47.7 Å². The van der Waals surface area contributed by atoms with Crippen molar-refractivity contribution in [3.63, 3.8) is 0 Å². The molecule has 1 aromatic carbocycles.